The number of carbonyl (C=O) groups is 1. The molecule has 2 heteroatoms. The van der Waals surface area contributed by atoms with Gasteiger partial charge in [-0.1, -0.05) is 24.3 Å². The highest BCUT2D eigenvalue weighted by molar-refractivity contribution is 5.77. The maximum atomic E-state index is 11.4. The smallest absolute Gasteiger partial charge is 0.223 e. The Kier molecular flexibility index (Phi) is 2.53. The molecule has 0 spiro atoms. The third-order valence-corrected chi connectivity index (χ3v) is 2.66. The average molecular weight is 187 g/mol. The standard InChI is InChI=1S/C12H13NO/c1-2-12(14)13-8-7-10-5-3-4-6-11(10)9-13/h1,3-6H,2,7-9H2. The van der Waals surface area contributed by atoms with E-state index >= 15 is 0 Å². The van der Waals surface area contributed by atoms with Gasteiger partial charge in [-0.05, 0) is 24.5 Å². The number of nitrogens with zero attached hydrogens (tertiary/aromatic N) is 1. The highest BCUT2D eigenvalue weighted by atomic mass is 16.2. The van der Waals surface area contributed by atoms with Gasteiger partial charge in [-0.2, -0.15) is 0 Å². The first kappa shape index (κ1) is 9.25. The van der Waals surface area contributed by atoms with Gasteiger partial charge in [0, 0.05) is 19.5 Å². The quantitative estimate of drug-likeness (QED) is 0.655. The summed E-state index contributed by atoms with van der Waals surface area (Å²) >= 11 is 0. The molecule has 0 aromatic heterocycles. The topological polar surface area (TPSA) is 20.3 Å². The summed E-state index contributed by atoms with van der Waals surface area (Å²) in [7, 11) is 0. The summed E-state index contributed by atoms with van der Waals surface area (Å²) in [5.41, 5.74) is 2.61. The third-order valence-electron chi connectivity index (χ3n) is 2.66. The van der Waals surface area contributed by atoms with Crippen LogP contribution in [0, 0.1) is 6.92 Å². The lowest BCUT2D eigenvalue weighted by atomic mass is 10.00. The van der Waals surface area contributed by atoms with E-state index in [2.05, 4.69) is 12.1 Å². The molecule has 0 bridgehead atoms. The van der Waals surface area contributed by atoms with Crippen LogP contribution in [-0.2, 0) is 17.8 Å². The van der Waals surface area contributed by atoms with Crippen LogP contribution in [0.15, 0.2) is 24.3 Å². The SMILES string of the molecule is [CH]CC(=O)N1CCc2ccccc2C1. The Morgan fingerprint density at radius 2 is 2.07 bits per heavy atom. The molecule has 2 nitrogen and oxygen atoms in total. The van der Waals surface area contributed by atoms with Crippen molar-refractivity contribution >= 4 is 5.91 Å². The molecule has 1 heterocycles. The minimum absolute atomic E-state index is 0.0412. The Morgan fingerprint density at radius 1 is 1.36 bits per heavy atom. The summed E-state index contributed by atoms with van der Waals surface area (Å²) in [5.74, 6) is 0.0412. The molecule has 1 aromatic rings. The summed E-state index contributed by atoms with van der Waals surface area (Å²) in [5, 5.41) is 0. The maximum Gasteiger partial charge on any atom is 0.223 e. The van der Waals surface area contributed by atoms with Crippen LogP contribution in [0.3, 0.4) is 0 Å². The molecule has 0 saturated carbocycles. The highest BCUT2D eigenvalue weighted by Crippen LogP contribution is 2.18. The Balaban J connectivity index is 2.17. The number of rotatable bonds is 1. The van der Waals surface area contributed by atoms with E-state index in [9.17, 15) is 4.79 Å². The first-order chi connectivity index (χ1) is 6.81. The summed E-state index contributed by atoms with van der Waals surface area (Å²) in [6.07, 6.45) is 1.06. The second-order valence-electron chi connectivity index (χ2n) is 3.54. The van der Waals surface area contributed by atoms with Gasteiger partial charge in [-0.3, -0.25) is 4.79 Å². The highest BCUT2D eigenvalue weighted by Gasteiger charge is 2.18. The number of hydrogen-bond acceptors (Lipinski definition) is 1. The fourth-order valence-electron chi connectivity index (χ4n) is 1.84. The van der Waals surface area contributed by atoms with Gasteiger partial charge >= 0.3 is 0 Å². The zero-order chi connectivity index (χ0) is 9.97. The van der Waals surface area contributed by atoms with E-state index < -0.39 is 0 Å². The van der Waals surface area contributed by atoms with Gasteiger partial charge < -0.3 is 4.90 Å². The van der Waals surface area contributed by atoms with Crippen LogP contribution in [0.2, 0.25) is 0 Å². The fourth-order valence-corrected chi connectivity index (χ4v) is 1.84. The average Bonchev–Trinajstić information content (AvgIpc) is 2.27. The molecule has 0 aliphatic carbocycles. The molecular formula is C12H13NO. The van der Waals surface area contributed by atoms with Crippen LogP contribution in [0.4, 0.5) is 0 Å². The zero-order valence-electron chi connectivity index (χ0n) is 8.07. The van der Waals surface area contributed by atoms with Crippen molar-refractivity contribution in [3.8, 4) is 0 Å². The van der Waals surface area contributed by atoms with Crippen LogP contribution >= 0.6 is 0 Å². The van der Waals surface area contributed by atoms with E-state index in [0.717, 1.165) is 13.0 Å². The molecule has 0 unspecified atom stereocenters. The van der Waals surface area contributed by atoms with Crippen molar-refractivity contribution in [2.24, 2.45) is 0 Å². The number of amides is 1. The molecule has 0 fully saturated rings. The van der Waals surface area contributed by atoms with Gasteiger partial charge in [-0.25, -0.2) is 0 Å². The molecule has 1 aromatic carbocycles. The Bertz CT molecular complexity index is 346. The zero-order valence-corrected chi connectivity index (χ0v) is 8.07. The lowest BCUT2D eigenvalue weighted by Gasteiger charge is -2.28. The van der Waals surface area contributed by atoms with E-state index in [4.69, 9.17) is 6.92 Å². The minimum atomic E-state index is 0.0412. The van der Waals surface area contributed by atoms with Gasteiger partial charge in [0.15, 0.2) is 0 Å². The van der Waals surface area contributed by atoms with Crippen LogP contribution in [0.25, 0.3) is 0 Å². The van der Waals surface area contributed by atoms with Crippen molar-refractivity contribution in [1.82, 2.24) is 4.90 Å². The lowest BCUT2D eigenvalue weighted by Crippen LogP contribution is -2.35. The predicted molar refractivity (Wildman–Crippen MR) is 54.5 cm³/mol. The summed E-state index contributed by atoms with van der Waals surface area (Å²) in [4.78, 5) is 13.2. The summed E-state index contributed by atoms with van der Waals surface area (Å²) in [6, 6.07) is 8.25. The Morgan fingerprint density at radius 3 is 2.79 bits per heavy atom. The number of carbonyl (C=O) groups excluding carboxylic acids is 1. The maximum absolute atomic E-state index is 11.4. The fraction of sp³-hybridized carbons (Fsp3) is 0.333. The number of benzene rings is 1. The van der Waals surface area contributed by atoms with E-state index in [1.807, 2.05) is 17.0 Å². The van der Waals surface area contributed by atoms with Gasteiger partial charge in [0.05, 0.1) is 0 Å². The molecule has 1 aliphatic rings. The van der Waals surface area contributed by atoms with Crippen molar-refractivity contribution in [3.05, 3.63) is 42.3 Å². The van der Waals surface area contributed by atoms with Crippen molar-refractivity contribution < 1.29 is 4.79 Å². The molecular weight excluding hydrogens is 174 g/mol. The number of hydrogen-bond donors (Lipinski definition) is 0. The van der Waals surface area contributed by atoms with E-state index in [0.29, 0.717) is 6.54 Å². The second kappa shape index (κ2) is 3.82. The summed E-state index contributed by atoms with van der Waals surface area (Å²) in [6.45, 7) is 6.84. The van der Waals surface area contributed by atoms with Gasteiger partial charge in [0.1, 0.15) is 0 Å². The van der Waals surface area contributed by atoms with Crippen LogP contribution in [0.1, 0.15) is 17.5 Å². The Labute approximate surface area is 84.5 Å². The lowest BCUT2D eigenvalue weighted by molar-refractivity contribution is -0.131. The number of fused-ring (bicyclic) bond motifs is 1. The van der Waals surface area contributed by atoms with Gasteiger partial charge in [0.2, 0.25) is 5.91 Å². The molecule has 0 atom stereocenters. The molecule has 2 rings (SSSR count). The molecule has 1 aliphatic heterocycles. The predicted octanol–water partition coefficient (Wildman–Crippen LogP) is 1.67. The largest absolute Gasteiger partial charge is 0.338 e. The van der Waals surface area contributed by atoms with Crippen LogP contribution < -0.4 is 0 Å². The molecule has 1 amide bonds. The Hall–Kier alpha value is -1.31. The summed E-state index contributed by atoms with van der Waals surface area (Å²) < 4.78 is 0. The van der Waals surface area contributed by atoms with E-state index in [-0.39, 0.29) is 12.3 Å². The van der Waals surface area contributed by atoms with Crippen molar-refractivity contribution in [2.75, 3.05) is 6.54 Å². The van der Waals surface area contributed by atoms with Gasteiger partial charge in [-0.15, -0.1) is 0 Å². The van der Waals surface area contributed by atoms with E-state index in [1.54, 1.807) is 0 Å². The third kappa shape index (κ3) is 1.65. The second-order valence-corrected chi connectivity index (χ2v) is 3.54. The minimum Gasteiger partial charge on any atom is -0.338 e. The van der Waals surface area contributed by atoms with Crippen LogP contribution in [-0.4, -0.2) is 17.4 Å². The van der Waals surface area contributed by atoms with E-state index in [1.165, 1.54) is 11.1 Å². The van der Waals surface area contributed by atoms with Crippen molar-refractivity contribution in [1.29, 1.82) is 0 Å². The molecule has 2 radical (unpaired) electrons. The monoisotopic (exact) mass is 187 g/mol. The van der Waals surface area contributed by atoms with Crippen molar-refractivity contribution in [2.45, 2.75) is 19.4 Å². The first-order valence-corrected chi connectivity index (χ1v) is 4.86. The normalized spacial score (nSPS) is 15.1. The van der Waals surface area contributed by atoms with Gasteiger partial charge in [0.25, 0.3) is 0 Å². The van der Waals surface area contributed by atoms with Crippen molar-refractivity contribution in [3.63, 3.8) is 0 Å². The van der Waals surface area contributed by atoms with Crippen LogP contribution in [0.5, 0.6) is 0 Å². The molecule has 14 heavy (non-hydrogen) atoms. The first-order valence-electron chi connectivity index (χ1n) is 4.86. The molecule has 72 valence electrons. The molecule has 0 saturated heterocycles. The molecule has 0 N–H and O–H groups in total.